The first kappa shape index (κ1) is 19.4. The van der Waals surface area contributed by atoms with Crippen molar-refractivity contribution in [3.8, 4) is 0 Å². The Morgan fingerprint density at radius 3 is 2.75 bits per heavy atom. The molecule has 0 radical (unpaired) electrons. The Labute approximate surface area is 168 Å². The molecule has 3 aliphatic heterocycles. The molecule has 3 fully saturated rings. The maximum Gasteiger partial charge on any atom is 0.414 e. The number of cyclic esters (lactones) is 1. The third kappa shape index (κ3) is 3.79. The van der Waals surface area contributed by atoms with E-state index in [0.717, 1.165) is 30.8 Å². The molecule has 8 heteroatoms. The van der Waals surface area contributed by atoms with Crippen molar-refractivity contribution in [1.82, 2.24) is 5.32 Å². The van der Waals surface area contributed by atoms with Gasteiger partial charge in [0.1, 0.15) is 11.9 Å². The second-order valence-corrected chi connectivity index (χ2v) is 8.71. The topological polar surface area (TPSA) is 61.9 Å². The Kier molecular flexibility index (Phi) is 5.66. The summed E-state index contributed by atoms with van der Waals surface area (Å²) in [5, 5.41) is 2.77. The molecule has 3 heterocycles. The molecule has 0 aromatic heterocycles. The summed E-state index contributed by atoms with van der Waals surface area (Å²) >= 11 is 1.95. The number of hydrogen-bond donors (Lipinski definition) is 1. The molecule has 4 rings (SSSR count). The van der Waals surface area contributed by atoms with Gasteiger partial charge in [-0.1, -0.05) is 6.92 Å². The van der Waals surface area contributed by atoms with Gasteiger partial charge in [-0.05, 0) is 37.5 Å². The fourth-order valence-corrected chi connectivity index (χ4v) is 5.61. The van der Waals surface area contributed by atoms with Crippen molar-refractivity contribution < 1.29 is 18.7 Å². The zero-order valence-corrected chi connectivity index (χ0v) is 16.8. The fraction of sp³-hybridized carbons (Fsp3) is 0.600. The number of rotatable bonds is 6. The van der Waals surface area contributed by atoms with Gasteiger partial charge in [0.15, 0.2) is 0 Å². The molecule has 0 saturated carbocycles. The van der Waals surface area contributed by atoms with Gasteiger partial charge in [0.05, 0.1) is 24.5 Å². The van der Waals surface area contributed by atoms with E-state index in [1.54, 1.807) is 12.1 Å². The van der Waals surface area contributed by atoms with E-state index in [0.29, 0.717) is 36.4 Å². The molecule has 6 nitrogen and oxygen atoms in total. The zero-order chi connectivity index (χ0) is 19.7. The van der Waals surface area contributed by atoms with Crippen LogP contribution in [0.2, 0.25) is 0 Å². The number of thioether (sulfide) groups is 1. The maximum absolute atomic E-state index is 14.9. The molecule has 1 aromatic carbocycles. The zero-order valence-electron chi connectivity index (χ0n) is 16.0. The predicted octanol–water partition coefficient (Wildman–Crippen LogP) is 3.15. The maximum atomic E-state index is 14.9. The lowest BCUT2D eigenvalue weighted by Gasteiger charge is -2.36. The quantitative estimate of drug-likeness (QED) is 0.785. The minimum Gasteiger partial charge on any atom is -0.442 e. The van der Waals surface area contributed by atoms with Crippen LogP contribution in [0.4, 0.5) is 20.6 Å². The largest absolute Gasteiger partial charge is 0.442 e. The number of fused-ring (bicyclic) bond motifs is 2. The Hall–Kier alpha value is -1.96. The molecule has 3 atom stereocenters. The average Bonchev–Trinajstić information content (AvgIpc) is 3.16. The predicted molar refractivity (Wildman–Crippen MR) is 109 cm³/mol. The van der Waals surface area contributed by atoms with Gasteiger partial charge in [0.25, 0.3) is 0 Å². The smallest absolute Gasteiger partial charge is 0.414 e. The second kappa shape index (κ2) is 8.19. The summed E-state index contributed by atoms with van der Waals surface area (Å²) in [4.78, 5) is 27.5. The molecular formula is C20H26FN3O3S. The monoisotopic (exact) mass is 407 g/mol. The third-order valence-electron chi connectivity index (χ3n) is 5.64. The molecular weight excluding hydrogens is 381 g/mol. The van der Waals surface area contributed by atoms with Crippen molar-refractivity contribution >= 4 is 35.1 Å². The normalized spacial score (nSPS) is 26.5. The number of ether oxygens (including phenoxy) is 1. The van der Waals surface area contributed by atoms with Crippen LogP contribution < -0.4 is 15.1 Å². The molecule has 1 unspecified atom stereocenters. The summed E-state index contributed by atoms with van der Waals surface area (Å²) in [5.41, 5.74) is 1.12. The van der Waals surface area contributed by atoms with Crippen LogP contribution in [-0.4, -0.2) is 54.8 Å². The third-order valence-corrected chi connectivity index (χ3v) is 6.88. The van der Waals surface area contributed by atoms with Crippen LogP contribution in [0.5, 0.6) is 0 Å². The van der Waals surface area contributed by atoms with E-state index in [2.05, 4.69) is 10.2 Å². The molecule has 28 heavy (non-hydrogen) atoms. The highest BCUT2D eigenvalue weighted by Crippen LogP contribution is 2.40. The van der Waals surface area contributed by atoms with Gasteiger partial charge in [-0.2, -0.15) is 11.8 Å². The lowest BCUT2D eigenvalue weighted by atomic mass is 10.2. The first-order valence-electron chi connectivity index (χ1n) is 9.97. The van der Waals surface area contributed by atoms with Crippen molar-refractivity contribution in [2.24, 2.45) is 0 Å². The van der Waals surface area contributed by atoms with Crippen LogP contribution in [-0.2, 0) is 9.53 Å². The van der Waals surface area contributed by atoms with Crippen LogP contribution in [0, 0.1) is 5.82 Å². The summed E-state index contributed by atoms with van der Waals surface area (Å²) in [6.07, 6.45) is 2.52. The van der Waals surface area contributed by atoms with Crippen molar-refractivity contribution in [2.45, 2.75) is 50.8 Å². The van der Waals surface area contributed by atoms with Crippen LogP contribution in [0.3, 0.4) is 0 Å². The van der Waals surface area contributed by atoms with Gasteiger partial charge in [-0.25, -0.2) is 9.18 Å². The van der Waals surface area contributed by atoms with Crippen LogP contribution in [0.25, 0.3) is 0 Å². The summed E-state index contributed by atoms with van der Waals surface area (Å²) in [7, 11) is 0. The number of carbonyl (C=O) groups is 2. The SMILES string of the molecule is CCCC(=O)NCC1CN(c2ccc(N3[C@@H]4CC[C@H]3CSC4)c(F)c2)C(=O)O1. The summed E-state index contributed by atoms with van der Waals surface area (Å²) in [5.74, 6) is 1.74. The Bertz CT molecular complexity index is 746. The van der Waals surface area contributed by atoms with E-state index in [9.17, 15) is 14.0 Å². The van der Waals surface area contributed by atoms with Crippen LogP contribution in [0.1, 0.15) is 32.6 Å². The fourth-order valence-electron chi connectivity index (χ4n) is 4.28. The number of benzene rings is 1. The highest BCUT2D eigenvalue weighted by Gasteiger charge is 2.39. The van der Waals surface area contributed by atoms with Gasteiger partial charge >= 0.3 is 6.09 Å². The van der Waals surface area contributed by atoms with E-state index < -0.39 is 12.2 Å². The summed E-state index contributed by atoms with van der Waals surface area (Å²) in [6, 6.07) is 5.80. The number of hydrogen-bond acceptors (Lipinski definition) is 5. The summed E-state index contributed by atoms with van der Waals surface area (Å²) < 4.78 is 20.3. The van der Waals surface area contributed by atoms with E-state index in [4.69, 9.17) is 4.74 Å². The van der Waals surface area contributed by atoms with Gasteiger partial charge < -0.3 is 15.0 Å². The van der Waals surface area contributed by atoms with Crippen LogP contribution >= 0.6 is 11.8 Å². The van der Waals surface area contributed by atoms with E-state index in [1.165, 1.54) is 11.0 Å². The number of nitrogens with zero attached hydrogens (tertiary/aromatic N) is 2. The van der Waals surface area contributed by atoms with Crippen LogP contribution in [0.15, 0.2) is 18.2 Å². The first-order valence-corrected chi connectivity index (χ1v) is 11.1. The van der Waals surface area contributed by atoms with Gasteiger partial charge in [-0.15, -0.1) is 0 Å². The van der Waals surface area contributed by atoms with Crippen molar-refractivity contribution in [2.75, 3.05) is 34.4 Å². The average molecular weight is 408 g/mol. The highest BCUT2D eigenvalue weighted by molar-refractivity contribution is 7.99. The number of anilines is 2. The Morgan fingerprint density at radius 1 is 1.32 bits per heavy atom. The van der Waals surface area contributed by atoms with Gasteiger partial charge in [0.2, 0.25) is 5.91 Å². The van der Waals surface area contributed by atoms with E-state index in [1.807, 2.05) is 18.7 Å². The minimum atomic E-state index is -0.503. The van der Waals surface area contributed by atoms with Crippen molar-refractivity contribution in [1.29, 1.82) is 0 Å². The second-order valence-electron chi connectivity index (χ2n) is 7.64. The summed E-state index contributed by atoms with van der Waals surface area (Å²) in [6.45, 7) is 2.51. The van der Waals surface area contributed by atoms with Gasteiger partial charge in [-0.3, -0.25) is 9.69 Å². The molecule has 3 aliphatic rings. The molecule has 0 aliphatic carbocycles. The molecule has 0 spiro atoms. The Balaban J connectivity index is 1.43. The Morgan fingerprint density at radius 2 is 2.07 bits per heavy atom. The lowest BCUT2D eigenvalue weighted by molar-refractivity contribution is -0.121. The molecule has 3 saturated heterocycles. The van der Waals surface area contributed by atoms with Gasteiger partial charge in [0, 0.05) is 30.0 Å². The van der Waals surface area contributed by atoms with E-state index >= 15 is 0 Å². The number of nitrogens with one attached hydrogen (secondary N) is 1. The lowest BCUT2D eigenvalue weighted by Crippen LogP contribution is -2.43. The van der Waals surface area contributed by atoms with Crippen molar-refractivity contribution in [3.05, 3.63) is 24.0 Å². The van der Waals surface area contributed by atoms with Crippen molar-refractivity contribution in [3.63, 3.8) is 0 Å². The molecule has 1 N–H and O–H groups in total. The molecule has 2 amide bonds. The molecule has 2 bridgehead atoms. The number of halogens is 1. The standard InChI is InChI=1S/C20H26FN3O3S/c1-2-3-19(25)22-9-16-10-23(20(26)27-16)13-6-7-18(17(21)8-13)24-14-4-5-15(24)12-28-11-14/h6-8,14-16H,2-5,9-12H2,1H3,(H,22,25)/t14-,15+,16?. The van der Waals surface area contributed by atoms with E-state index in [-0.39, 0.29) is 18.3 Å². The first-order chi connectivity index (χ1) is 13.6. The molecule has 1 aromatic rings. The molecule has 152 valence electrons. The number of amides is 2. The highest BCUT2D eigenvalue weighted by atomic mass is 32.2. The minimum absolute atomic E-state index is 0.0540. The number of carbonyl (C=O) groups excluding carboxylic acids is 2.